The normalized spacial score (nSPS) is 22.9. The van der Waals surface area contributed by atoms with Crippen molar-refractivity contribution in [2.45, 2.75) is 12.2 Å². The van der Waals surface area contributed by atoms with Crippen molar-refractivity contribution in [1.29, 1.82) is 0 Å². The van der Waals surface area contributed by atoms with Crippen molar-refractivity contribution >= 4 is 21.0 Å². The molecule has 0 saturated carbocycles. The number of nitrogens with one attached hydrogen (secondary N) is 2. The molecule has 0 spiro atoms. The van der Waals surface area contributed by atoms with Gasteiger partial charge in [-0.15, -0.1) is 0 Å². The topological polar surface area (TPSA) is 78.5 Å². The van der Waals surface area contributed by atoms with Gasteiger partial charge in [-0.25, -0.2) is 4.72 Å². The lowest BCUT2D eigenvalue weighted by atomic mass is 10.4. The SMILES string of the molecule is CC(CNS(=O)(=O)N1CCNCC1)S(C)=O. The summed E-state index contributed by atoms with van der Waals surface area (Å²) >= 11 is 0. The molecule has 0 aromatic carbocycles. The second kappa shape index (κ2) is 6.06. The summed E-state index contributed by atoms with van der Waals surface area (Å²) in [4.78, 5) is 0. The van der Waals surface area contributed by atoms with Crippen LogP contribution in [0.25, 0.3) is 0 Å². The molecule has 2 N–H and O–H groups in total. The van der Waals surface area contributed by atoms with Gasteiger partial charge in [0.15, 0.2) is 0 Å². The highest BCUT2D eigenvalue weighted by Crippen LogP contribution is 2.00. The first-order chi connectivity index (χ1) is 7.43. The van der Waals surface area contributed by atoms with E-state index < -0.39 is 21.0 Å². The quantitative estimate of drug-likeness (QED) is 0.636. The van der Waals surface area contributed by atoms with Crippen LogP contribution in [0.5, 0.6) is 0 Å². The lowest BCUT2D eigenvalue weighted by molar-refractivity contribution is 0.355. The Morgan fingerprint density at radius 3 is 2.50 bits per heavy atom. The number of piperazine rings is 1. The highest BCUT2D eigenvalue weighted by atomic mass is 32.2. The number of rotatable bonds is 5. The zero-order valence-electron chi connectivity index (χ0n) is 9.60. The lowest BCUT2D eigenvalue weighted by Crippen LogP contribution is -2.51. The third kappa shape index (κ3) is 4.10. The van der Waals surface area contributed by atoms with Crippen LogP contribution < -0.4 is 10.0 Å². The van der Waals surface area contributed by atoms with Gasteiger partial charge in [-0.05, 0) is 6.92 Å². The fourth-order valence-corrected chi connectivity index (χ4v) is 3.05. The maximum atomic E-state index is 11.8. The molecule has 6 nitrogen and oxygen atoms in total. The Morgan fingerprint density at radius 1 is 1.44 bits per heavy atom. The van der Waals surface area contributed by atoms with Crippen LogP contribution in [0.2, 0.25) is 0 Å². The molecule has 0 aliphatic carbocycles. The predicted molar refractivity (Wildman–Crippen MR) is 64.9 cm³/mol. The van der Waals surface area contributed by atoms with Crippen LogP contribution in [0.4, 0.5) is 0 Å². The van der Waals surface area contributed by atoms with E-state index in [2.05, 4.69) is 10.0 Å². The molecule has 1 rings (SSSR count). The van der Waals surface area contributed by atoms with Crippen molar-refractivity contribution in [2.24, 2.45) is 0 Å². The average Bonchev–Trinajstić information content (AvgIpc) is 2.27. The Morgan fingerprint density at radius 2 is 2.00 bits per heavy atom. The Bertz CT molecular complexity index is 338. The molecular weight excluding hydrogens is 250 g/mol. The van der Waals surface area contributed by atoms with Crippen molar-refractivity contribution in [3.05, 3.63) is 0 Å². The maximum absolute atomic E-state index is 11.8. The molecule has 1 saturated heterocycles. The summed E-state index contributed by atoms with van der Waals surface area (Å²) in [5.74, 6) is 0. The minimum Gasteiger partial charge on any atom is -0.314 e. The van der Waals surface area contributed by atoms with Gasteiger partial charge >= 0.3 is 0 Å². The van der Waals surface area contributed by atoms with Gasteiger partial charge in [-0.1, -0.05) is 0 Å². The molecule has 96 valence electrons. The van der Waals surface area contributed by atoms with Gasteiger partial charge in [0.25, 0.3) is 10.2 Å². The fourth-order valence-electron chi connectivity index (χ4n) is 1.32. The molecule has 1 heterocycles. The van der Waals surface area contributed by atoms with Gasteiger partial charge in [0, 0.05) is 55.0 Å². The molecule has 1 aliphatic heterocycles. The van der Waals surface area contributed by atoms with Gasteiger partial charge in [0.1, 0.15) is 0 Å². The summed E-state index contributed by atoms with van der Waals surface area (Å²) in [6, 6.07) is 0. The van der Waals surface area contributed by atoms with E-state index in [0.717, 1.165) is 0 Å². The van der Waals surface area contributed by atoms with Crippen molar-refractivity contribution in [3.63, 3.8) is 0 Å². The summed E-state index contributed by atoms with van der Waals surface area (Å²) in [5.41, 5.74) is 0. The number of hydrogen-bond acceptors (Lipinski definition) is 4. The minimum absolute atomic E-state index is 0.169. The van der Waals surface area contributed by atoms with Gasteiger partial charge in [0.2, 0.25) is 0 Å². The molecule has 1 aliphatic rings. The number of hydrogen-bond donors (Lipinski definition) is 2. The molecular formula is C8H19N3O3S2. The molecule has 0 amide bonds. The van der Waals surface area contributed by atoms with Gasteiger partial charge in [0.05, 0.1) is 0 Å². The third-order valence-corrected chi connectivity index (χ3v) is 5.41. The fraction of sp³-hybridized carbons (Fsp3) is 1.00. The Kier molecular flexibility index (Phi) is 5.32. The zero-order valence-corrected chi connectivity index (χ0v) is 11.2. The van der Waals surface area contributed by atoms with Crippen LogP contribution in [0.3, 0.4) is 0 Å². The first kappa shape index (κ1) is 14.0. The van der Waals surface area contributed by atoms with Crippen LogP contribution in [-0.2, 0) is 21.0 Å². The van der Waals surface area contributed by atoms with Crippen LogP contribution in [0, 0.1) is 0 Å². The van der Waals surface area contributed by atoms with Crippen molar-refractivity contribution in [1.82, 2.24) is 14.3 Å². The summed E-state index contributed by atoms with van der Waals surface area (Å²) < 4.78 is 38.6. The molecule has 0 bridgehead atoms. The summed E-state index contributed by atoms with van der Waals surface area (Å²) in [6.45, 7) is 4.30. The molecule has 0 aromatic heterocycles. The van der Waals surface area contributed by atoms with Crippen molar-refractivity contribution in [3.8, 4) is 0 Å². The first-order valence-corrected chi connectivity index (χ1v) is 8.27. The van der Waals surface area contributed by atoms with Crippen LogP contribution in [0.1, 0.15) is 6.92 Å². The van der Waals surface area contributed by atoms with E-state index in [9.17, 15) is 12.6 Å². The van der Waals surface area contributed by atoms with Crippen molar-refractivity contribution < 1.29 is 12.6 Å². The van der Waals surface area contributed by atoms with Gasteiger partial charge in [-0.2, -0.15) is 12.7 Å². The number of nitrogens with zero attached hydrogens (tertiary/aromatic N) is 1. The standard InChI is InChI=1S/C8H19N3O3S2/c1-8(15(2)12)7-10-16(13,14)11-5-3-9-4-6-11/h8-10H,3-7H2,1-2H3. The Balaban J connectivity index is 2.47. The third-order valence-electron chi connectivity index (χ3n) is 2.54. The first-order valence-electron chi connectivity index (χ1n) is 5.21. The van der Waals surface area contributed by atoms with E-state index in [1.54, 1.807) is 13.2 Å². The average molecular weight is 269 g/mol. The lowest BCUT2D eigenvalue weighted by Gasteiger charge is -2.27. The van der Waals surface area contributed by atoms with Crippen LogP contribution in [0.15, 0.2) is 0 Å². The van der Waals surface area contributed by atoms with Crippen LogP contribution >= 0.6 is 0 Å². The van der Waals surface area contributed by atoms with Gasteiger partial charge in [-0.3, -0.25) is 4.21 Å². The molecule has 1 fully saturated rings. The maximum Gasteiger partial charge on any atom is 0.279 e. The monoisotopic (exact) mass is 269 g/mol. The molecule has 2 atom stereocenters. The molecule has 8 heteroatoms. The highest BCUT2D eigenvalue weighted by molar-refractivity contribution is 7.87. The largest absolute Gasteiger partial charge is 0.314 e. The van der Waals surface area contributed by atoms with E-state index in [-0.39, 0.29) is 11.8 Å². The molecule has 16 heavy (non-hydrogen) atoms. The molecule has 2 unspecified atom stereocenters. The van der Waals surface area contributed by atoms with E-state index in [1.165, 1.54) is 4.31 Å². The zero-order chi connectivity index (χ0) is 12.2. The summed E-state index contributed by atoms with van der Waals surface area (Å²) in [5, 5.41) is 2.92. The second-order valence-electron chi connectivity index (χ2n) is 3.81. The van der Waals surface area contributed by atoms with E-state index in [4.69, 9.17) is 0 Å². The van der Waals surface area contributed by atoms with E-state index in [0.29, 0.717) is 26.2 Å². The molecule has 0 aromatic rings. The van der Waals surface area contributed by atoms with Crippen molar-refractivity contribution in [2.75, 3.05) is 39.0 Å². The van der Waals surface area contributed by atoms with Crippen LogP contribution in [-0.4, -0.2) is 61.2 Å². The van der Waals surface area contributed by atoms with E-state index in [1.807, 2.05) is 0 Å². The van der Waals surface area contributed by atoms with Gasteiger partial charge < -0.3 is 5.32 Å². The molecule has 0 radical (unpaired) electrons. The Labute approximate surface area is 99.4 Å². The Hall–Kier alpha value is -0.0200. The predicted octanol–water partition coefficient (Wildman–Crippen LogP) is -1.51. The second-order valence-corrected chi connectivity index (χ2v) is 7.37. The minimum atomic E-state index is -3.40. The highest BCUT2D eigenvalue weighted by Gasteiger charge is 2.23. The van der Waals surface area contributed by atoms with E-state index >= 15 is 0 Å². The summed E-state index contributed by atoms with van der Waals surface area (Å²) in [6.07, 6.45) is 1.57. The smallest absolute Gasteiger partial charge is 0.279 e. The summed E-state index contributed by atoms with van der Waals surface area (Å²) in [7, 11) is -4.41.